The van der Waals surface area contributed by atoms with Crippen molar-refractivity contribution in [3.63, 3.8) is 0 Å². The van der Waals surface area contributed by atoms with Crippen molar-refractivity contribution in [2.75, 3.05) is 10.6 Å². The molecule has 2 aliphatic rings. The number of rotatable bonds is 4. The fourth-order valence-electron chi connectivity index (χ4n) is 3.98. The van der Waals surface area contributed by atoms with Gasteiger partial charge in [0.25, 0.3) is 5.56 Å². The van der Waals surface area contributed by atoms with Crippen molar-refractivity contribution in [1.82, 2.24) is 15.3 Å². The van der Waals surface area contributed by atoms with E-state index in [2.05, 4.69) is 25.9 Å². The van der Waals surface area contributed by atoms with Gasteiger partial charge in [-0.2, -0.15) is 4.98 Å². The van der Waals surface area contributed by atoms with Crippen LogP contribution in [0.1, 0.15) is 55.6 Å². The third kappa shape index (κ3) is 4.31. The minimum absolute atomic E-state index is 0.0545. The van der Waals surface area contributed by atoms with E-state index in [9.17, 15) is 14.4 Å². The Morgan fingerprint density at radius 2 is 1.83 bits per heavy atom. The predicted octanol–water partition coefficient (Wildman–Crippen LogP) is 2.70. The molecule has 1 aromatic carbocycles. The van der Waals surface area contributed by atoms with Crippen molar-refractivity contribution in [2.24, 2.45) is 0 Å². The summed E-state index contributed by atoms with van der Waals surface area (Å²) >= 11 is 0. The number of benzene rings is 1. The van der Waals surface area contributed by atoms with Crippen molar-refractivity contribution >= 4 is 29.3 Å². The molecule has 8 nitrogen and oxygen atoms in total. The molecule has 0 radical (unpaired) electrons. The van der Waals surface area contributed by atoms with Crippen LogP contribution >= 0.6 is 0 Å². The summed E-state index contributed by atoms with van der Waals surface area (Å²) < 4.78 is 0. The number of hydrogen-bond acceptors (Lipinski definition) is 5. The maximum atomic E-state index is 12.8. The number of nitrogens with one attached hydrogen (secondary N) is 4. The number of nitrogens with zero attached hydrogens (tertiary/aromatic N) is 1. The molecule has 2 aromatic rings. The Morgan fingerprint density at radius 3 is 2.55 bits per heavy atom. The van der Waals surface area contributed by atoms with Crippen LogP contribution in [-0.4, -0.2) is 27.8 Å². The van der Waals surface area contributed by atoms with Crippen molar-refractivity contribution < 1.29 is 9.59 Å². The molecule has 0 saturated heterocycles. The molecule has 1 fully saturated rings. The lowest BCUT2D eigenvalue weighted by Crippen LogP contribution is -2.43. The molecule has 1 aliphatic carbocycles. The number of aryl methyl sites for hydroxylation is 1. The normalized spacial score (nSPS) is 19.2. The van der Waals surface area contributed by atoms with E-state index in [-0.39, 0.29) is 41.6 Å². The molecular weight excluding hydrogens is 370 g/mol. The summed E-state index contributed by atoms with van der Waals surface area (Å²) in [5, 5.41) is 8.68. The topological polar surface area (TPSA) is 116 Å². The maximum absolute atomic E-state index is 12.8. The zero-order chi connectivity index (χ0) is 20.4. The molecule has 1 aromatic heterocycles. The lowest BCUT2D eigenvalue weighted by atomic mass is 9.90. The fourth-order valence-corrected chi connectivity index (χ4v) is 3.98. The second-order valence-electron chi connectivity index (χ2n) is 7.82. The van der Waals surface area contributed by atoms with Gasteiger partial charge in [-0.1, -0.05) is 37.0 Å². The number of amides is 2. The van der Waals surface area contributed by atoms with Gasteiger partial charge in [-0.3, -0.25) is 19.4 Å². The van der Waals surface area contributed by atoms with Gasteiger partial charge in [0, 0.05) is 18.2 Å². The van der Waals surface area contributed by atoms with Gasteiger partial charge in [-0.25, -0.2) is 0 Å². The monoisotopic (exact) mass is 395 g/mol. The standard InChI is InChI=1S/C21H25N5O3/c1-12-7-9-14(10-8-12)23-21-25-18-17(20(29)26-21)15(11-16(27)24-18)19(28)22-13-5-3-2-4-6-13/h7-10,13,15H,2-6,11H2,1H3,(H,22,28)(H3,23,24,25,26,27,29). The third-order valence-corrected chi connectivity index (χ3v) is 5.53. The maximum Gasteiger partial charge on any atom is 0.258 e. The predicted molar refractivity (Wildman–Crippen MR) is 110 cm³/mol. The van der Waals surface area contributed by atoms with Gasteiger partial charge in [-0.15, -0.1) is 0 Å². The highest BCUT2D eigenvalue weighted by molar-refractivity contribution is 6.00. The van der Waals surface area contributed by atoms with Gasteiger partial charge in [0.1, 0.15) is 5.82 Å². The number of aromatic nitrogens is 2. The van der Waals surface area contributed by atoms with Crippen molar-refractivity contribution in [3.8, 4) is 0 Å². The number of anilines is 3. The Hall–Kier alpha value is -3.16. The number of H-pyrrole nitrogens is 1. The first-order valence-electron chi connectivity index (χ1n) is 10.1. The molecule has 8 heteroatoms. The summed E-state index contributed by atoms with van der Waals surface area (Å²) in [6.07, 6.45) is 5.17. The first kappa shape index (κ1) is 19.2. The van der Waals surface area contributed by atoms with Gasteiger partial charge in [0.15, 0.2) is 0 Å². The van der Waals surface area contributed by atoms with Gasteiger partial charge >= 0.3 is 0 Å². The molecule has 0 spiro atoms. The van der Waals surface area contributed by atoms with Crippen LogP contribution in [0.25, 0.3) is 0 Å². The summed E-state index contributed by atoms with van der Waals surface area (Å²) in [6, 6.07) is 7.72. The van der Waals surface area contributed by atoms with E-state index in [4.69, 9.17) is 0 Å². The Morgan fingerprint density at radius 1 is 1.10 bits per heavy atom. The van der Waals surface area contributed by atoms with Crippen molar-refractivity contribution in [2.45, 2.75) is 57.4 Å². The second kappa shape index (κ2) is 8.06. The number of aromatic amines is 1. The summed E-state index contributed by atoms with van der Waals surface area (Å²) in [4.78, 5) is 44.8. The van der Waals surface area contributed by atoms with Crippen LogP contribution in [0.3, 0.4) is 0 Å². The minimum atomic E-state index is -0.828. The average molecular weight is 395 g/mol. The first-order chi connectivity index (χ1) is 14.0. The van der Waals surface area contributed by atoms with Crippen LogP contribution in [0.15, 0.2) is 29.1 Å². The molecule has 2 heterocycles. The second-order valence-corrected chi connectivity index (χ2v) is 7.82. The summed E-state index contributed by atoms with van der Waals surface area (Å²) in [7, 11) is 0. The highest BCUT2D eigenvalue weighted by Gasteiger charge is 2.35. The molecule has 1 saturated carbocycles. The molecule has 4 N–H and O–H groups in total. The molecule has 0 bridgehead atoms. The Bertz CT molecular complexity index is 977. The number of hydrogen-bond donors (Lipinski definition) is 4. The van der Waals surface area contributed by atoms with Gasteiger partial charge in [-0.05, 0) is 31.9 Å². The minimum Gasteiger partial charge on any atom is -0.353 e. The van der Waals surface area contributed by atoms with Crippen molar-refractivity contribution in [1.29, 1.82) is 0 Å². The van der Waals surface area contributed by atoms with E-state index >= 15 is 0 Å². The van der Waals surface area contributed by atoms with E-state index in [1.54, 1.807) is 0 Å². The number of carbonyl (C=O) groups is 2. The van der Waals surface area contributed by atoms with Crippen LogP contribution in [0.2, 0.25) is 0 Å². The lowest BCUT2D eigenvalue weighted by molar-refractivity contribution is -0.127. The van der Waals surface area contributed by atoms with Crippen LogP contribution in [-0.2, 0) is 9.59 Å². The van der Waals surface area contributed by atoms with E-state index < -0.39 is 11.5 Å². The van der Waals surface area contributed by atoms with E-state index in [0.717, 1.165) is 36.9 Å². The SMILES string of the molecule is Cc1ccc(Nc2nc3c(c(=O)[nH]2)C(C(=O)NC2CCCCC2)CC(=O)N3)cc1. The third-order valence-electron chi connectivity index (χ3n) is 5.53. The van der Waals surface area contributed by atoms with Gasteiger partial charge < -0.3 is 16.0 Å². The molecule has 152 valence electrons. The van der Waals surface area contributed by atoms with Crippen molar-refractivity contribution in [3.05, 3.63) is 45.7 Å². The highest BCUT2D eigenvalue weighted by atomic mass is 16.2. The van der Waals surface area contributed by atoms with Crippen LogP contribution in [0.5, 0.6) is 0 Å². The van der Waals surface area contributed by atoms with E-state index in [1.165, 1.54) is 6.42 Å². The first-order valence-corrected chi connectivity index (χ1v) is 10.1. The fraction of sp³-hybridized carbons (Fsp3) is 0.429. The Labute approximate surface area is 168 Å². The summed E-state index contributed by atoms with van der Waals surface area (Å²) in [6.45, 7) is 1.98. The van der Waals surface area contributed by atoms with Gasteiger partial charge in [0.05, 0.1) is 11.5 Å². The molecular formula is C21H25N5O3. The zero-order valence-electron chi connectivity index (χ0n) is 16.4. The number of fused-ring (bicyclic) bond motifs is 1. The number of carbonyl (C=O) groups excluding carboxylic acids is 2. The molecule has 1 aliphatic heterocycles. The van der Waals surface area contributed by atoms with Crippen LogP contribution in [0.4, 0.5) is 17.5 Å². The Balaban J connectivity index is 1.58. The lowest BCUT2D eigenvalue weighted by Gasteiger charge is -2.27. The molecule has 4 rings (SSSR count). The smallest absolute Gasteiger partial charge is 0.258 e. The molecule has 1 unspecified atom stereocenters. The summed E-state index contributed by atoms with van der Waals surface area (Å²) in [5.41, 5.74) is 1.66. The zero-order valence-corrected chi connectivity index (χ0v) is 16.4. The van der Waals surface area contributed by atoms with Crippen LogP contribution in [0, 0.1) is 6.92 Å². The molecule has 2 amide bonds. The van der Waals surface area contributed by atoms with E-state index in [1.807, 2.05) is 31.2 Å². The summed E-state index contributed by atoms with van der Waals surface area (Å²) in [5.74, 6) is -1.07. The van der Waals surface area contributed by atoms with Gasteiger partial charge in [0.2, 0.25) is 17.8 Å². The molecule has 29 heavy (non-hydrogen) atoms. The average Bonchev–Trinajstić information content (AvgIpc) is 2.69. The highest BCUT2D eigenvalue weighted by Crippen LogP contribution is 2.30. The molecule has 1 atom stereocenters. The van der Waals surface area contributed by atoms with Crippen LogP contribution < -0.4 is 21.5 Å². The largest absolute Gasteiger partial charge is 0.353 e. The van der Waals surface area contributed by atoms with E-state index in [0.29, 0.717) is 0 Å². The Kier molecular flexibility index (Phi) is 5.33. The quantitative estimate of drug-likeness (QED) is 0.635.